The van der Waals surface area contributed by atoms with Crippen molar-refractivity contribution in [2.24, 2.45) is 10.7 Å². The van der Waals surface area contributed by atoms with Gasteiger partial charge in [0.2, 0.25) is 0 Å². The van der Waals surface area contributed by atoms with Crippen LogP contribution in [0.4, 0.5) is 11.4 Å². The van der Waals surface area contributed by atoms with Crippen LogP contribution in [0.2, 0.25) is 0 Å². The van der Waals surface area contributed by atoms with Crippen LogP contribution in [0.3, 0.4) is 0 Å². The van der Waals surface area contributed by atoms with Crippen molar-refractivity contribution in [3.05, 3.63) is 23.8 Å². The smallest absolute Gasteiger partial charge is 0.0860 e. The minimum absolute atomic E-state index is 0.714. The molecule has 0 spiro atoms. The van der Waals surface area contributed by atoms with Crippen LogP contribution in [-0.2, 0) is 0 Å². The molecule has 3 nitrogen and oxygen atoms in total. The quantitative estimate of drug-likeness (QED) is 0.358. The first-order valence-electron chi connectivity index (χ1n) is 3.34. The highest BCUT2D eigenvalue weighted by atomic mass is 14.8. The first kappa shape index (κ1) is 7.60. The molecule has 4 N–H and O–H groups in total. The second-order valence-electron chi connectivity index (χ2n) is 2.38. The number of aryl methyl sites for hydroxylation is 1. The van der Waals surface area contributed by atoms with Gasteiger partial charge in [0.15, 0.2) is 0 Å². The van der Waals surface area contributed by atoms with E-state index in [-0.39, 0.29) is 0 Å². The molecule has 0 saturated heterocycles. The molecule has 0 aliphatic heterocycles. The Hall–Kier alpha value is -1.51. The van der Waals surface area contributed by atoms with Crippen molar-refractivity contribution in [1.82, 2.24) is 0 Å². The molecule has 11 heavy (non-hydrogen) atoms. The standard InChI is InChI=1S/C8H11N3/c1-6-2-7(10)4-8(3-6)11-5-9/h2-5H,10H2,1H3,(H2,9,11). The lowest BCUT2D eigenvalue weighted by molar-refractivity contribution is 1.43. The van der Waals surface area contributed by atoms with E-state index in [4.69, 9.17) is 11.5 Å². The van der Waals surface area contributed by atoms with Gasteiger partial charge in [-0.3, -0.25) is 0 Å². The Labute approximate surface area is 65.7 Å². The van der Waals surface area contributed by atoms with Gasteiger partial charge >= 0.3 is 0 Å². The van der Waals surface area contributed by atoms with E-state index in [1.54, 1.807) is 6.07 Å². The van der Waals surface area contributed by atoms with Gasteiger partial charge in [0, 0.05) is 5.69 Å². The average Bonchev–Trinajstić information content (AvgIpc) is 1.85. The van der Waals surface area contributed by atoms with Crippen LogP contribution in [-0.4, -0.2) is 6.34 Å². The minimum atomic E-state index is 0.714. The van der Waals surface area contributed by atoms with E-state index < -0.39 is 0 Å². The molecule has 0 unspecified atom stereocenters. The van der Waals surface area contributed by atoms with Crippen molar-refractivity contribution < 1.29 is 0 Å². The van der Waals surface area contributed by atoms with Gasteiger partial charge in [0.1, 0.15) is 0 Å². The third-order valence-electron chi connectivity index (χ3n) is 1.31. The fraction of sp³-hybridized carbons (Fsp3) is 0.125. The van der Waals surface area contributed by atoms with Gasteiger partial charge in [-0.2, -0.15) is 0 Å². The lowest BCUT2D eigenvalue weighted by Crippen LogP contribution is -1.88. The topological polar surface area (TPSA) is 64.4 Å². The molecule has 1 rings (SSSR count). The van der Waals surface area contributed by atoms with Crippen LogP contribution in [0.15, 0.2) is 23.2 Å². The zero-order chi connectivity index (χ0) is 8.27. The second kappa shape index (κ2) is 3.05. The van der Waals surface area contributed by atoms with E-state index in [1.165, 1.54) is 6.34 Å². The molecule has 0 aliphatic rings. The number of aliphatic imine (C=N–C) groups is 1. The molecule has 0 heterocycles. The van der Waals surface area contributed by atoms with E-state index in [2.05, 4.69) is 4.99 Å². The maximum absolute atomic E-state index is 5.58. The van der Waals surface area contributed by atoms with Crippen molar-refractivity contribution in [2.75, 3.05) is 5.73 Å². The number of benzene rings is 1. The van der Waals surface area contributed by atoms with Crippen LogP contribution < -0.4 is 11.5 Å². The first-order valence-corrected chi connectivity index (χ1v) is 3.34. The Morgan fingerprint density at radius 3 is 2.64 bits per heavy atom. The summed E-state index contributed by atoms with van der Waals surface area (Å²) in [5.41, 5.74) is 13.3. The van der Waals surface area contributed by atoms with Crippen molar-refractivity contribution in [2.45, 2.75) is 6.92 Å². The van der Waals surface area contributed by atoms with Crippen molar-refractivity contribution in [1.29, 1.82) is 0 Å². The highest BCUT2D eigenvalue weighted by molar-refractivity contribution is 5.62. The van der Waals surface area contributed by atoms with Crippen LogP contribution in [0.5, 0.6) is 0 Å². The number of rotatable bonds is 1. The minimum Gasteiger partial charge on any atom is -0.399 e. The third-order valence-corrected chi connectivity index (χ3v) is 1.31. The molecule has 0 amide bonds. The third kappa shape index (κ3) is 1.97. The number of hydrogen-bond donors (Lipinski definition) is 2. The molecule has 0 bridgehead atoms. The largest absolute Gasteiger partial charge is 0.399 e. The molecule has 58 valence electrons. The molecular formula is C8H11N3. The van der Waals surface area contributed by atoms with E-state index in [0.717, 1.165) is 11.3 Å². The summed E-state index contributed by atoms with van der Waals surface area (Å²) in [5, 5.41) is 0. The average molecular weight is 149 g/mol. The van der Waals surface area contributed by atoms with Crippen molar-refractivity contribution in [3.8, 4) is 0 Å². The Morgan fingerprint density at radius 2 is 2.09 bits per heavy atom. The normalized spacial score (nSPS) is 10.6. The Morgan fingerprint density at radius 1 is 1.36 bits per heavy atom. The fourth-order valence-corrected chi connectivity index (χ4v) is 0.953. The number of anilines is 1. The molecule has 0 fully saturated rings. The van der Waals surface area contributed by atoms with Gasteiger partial charge in [-0.05, 0) is 30.7 Å². The molecule has 0 saturated carbocycles. The SMILES string of the molecule is Cc1cc(N)cc(N=CN)c1. The van der Waals surface area contributed by atoms with Crippen molar-refractivity contribution >= 4 is 17.7 Å². The summed E-state index contributed by atoms with van der Waals surface area (Å²) in [6.07, 6.45) is 1.26. The van der Waals surface area contributed by atoms with Crippen LogP contribution in [0, 0.1) is 6.92 Å². The van der Waals surface area contributed by atoms with Gasteiger partial charge in [0.25, 0.3) is 0 Å². The molecule has 0 atom stereocenters. The predicted molar refractivity (Wildman–Crippen MR) is 47.9 cm³/mol. The lowest BCUT2D eigenvalue weighted by Gasteiger charge is -1.97. The Kier molecular flexibility index (Phi) is 2.11. The van der Waals surface area contributed by atoms with Crippen molar-refractivity contribution in [3.63, 3.8) is 0 Å². The zero-order valence-electron chi connectivity index (χ0n) is 6.41. The Balaban J connectivity index is 3.08. The number of nitrogens with zero attached hydrogens (tertiary/aromatic N) is 1. The van der Waals surface area contributed by atoms with Gasteiger partial charge in [-0.15, -0.1) is 0 Å². The number of nitrogens with two attached hydrogens (primary N) is 2. The summed E-state index contributed by atoms with van der Waals surface area (Å²) in [5.74, 6) is 0. The van der Waals surface area contributed by atoms with Gasteiger partial charge < -0.3 is 11.5 Å². The van der Waals surface area contributed by atoms with Crippen LogP contribution in [0.25, 0.3) is 0 Å². The zero-order valence-corrected chi connectivity index (χ0v) is 6.41. The van der Waals surface area contributed by atoms with E-state index in [0.29, 0.717) is 5.69 Å². The highest BCUT2D eigenvalue weighted by Crippen LogP contribution is 2.17. The van der Waals surface area contributed by atoms with Crippen LogP contribution in [0.1, 0.15) is 5.56 Å². The summed E-state index contributed by atoms with van der Waals surface area (Å²) in [4.78, 5) is 3.90. The van der Waals surface area contributed by atoms with Crippen LogP contribution >= 0.6 is 0 Å². The Bertz CT molecular complexity index is 258. The molecule has 3 heteroatoms. The number of nitrogen functional groups attached to an aromatic ring is 1. The molecule has 1 aromatic carbocycles. The maximum atomic E-state index is 5.58. The summed E-state index contributed by atoms with van der Waals surface area (Å²) in [6.45, 7) is 1.96. The monoisotopic (exact) mass is 149 g/mol. The predicted octanol–water partition coefficient (Wildman–Crippen LogP) is 1.20. The molecule has 0 aromatic heterocycles. The molecular weight excluding hydrogens is 138 g/mol. The summed E-state index contributed by atoms with van der Waals surface area (Å²) >= 11 is 0. The van der Waals surface area contributed by atoms with E-state index >= 15 is 0 Å². The van der Waals surface area contributed by atoms with E-state index in [9.17, 15) is 0 Å². The first-order chi connectivity index (χ1) is 5.22. The van der Waals surface area contributed by atoms with E-state index in [1.807, 2.05) is 19.1 Å². The van der Waals surface area contributed by atoms with Gasteiger partial charge in [-0.1, -0.05) is 0 Å². The lowest BCUT2D eigenvalue weighted by atomic mass is 10.2. The summed E-state index contributed by atoms with van der Waals surface area (Å²) in [7, 11) is 0. The van der Waals surface area contributed by atoms with Gasteiger partial charge in [-0.25, -0.2) is 4.99 Å². The fourth-order valence-electron chi connectivity index (χ4n) is 0.953. The maximum Gasteiger partial charge on any atom is 0.0860 e. The molecule has 0 aliphatic carbocycles. The highest BCUT2D eigenvalue weighted by Gasteiger charge is 1.91. The molecule has 0 radical (unpaired) electrons. The second-order valence-corrected chi connectivity index (χ2v) is 2.38. The summed E-state index contributed by atoms with van der Waals surface area (Å²) in [6, 6.07) is 5.58. The molecule has 1 aromatic rings. The summed E-state index contributed by atoms with van der Waals surface area (Å²) < 4.78 is 0. The number of hydrogen-bond acceptors (Lipinski definition) is 2. The van der Waals surface area contributed by atoms with Gasteiger partial charge in [0.05, 0.1) is 12.0 Å².